The van der Waals surface area contributed by atoms with Crippen molar-refractivity contribution < 1.29 is 14.3 Å². The van der Waals surface area contributed by atoms with Crippen molar-refractivity contribution in [2.24, 2.45) is 5.92 Å². The summed E-state index contributed by atoms with van der Waals surface area (Å²) < 4.78 is 12.7. The van der Waals surface area contributed by atoms with Crippen molar-refractivity contribution in [2.45, 2.75) is 32.5 Å². The highest BCUT2D eigenvalue weighted by molar-refractivity contribution is 7.71. The van der Waals surface area contributed by atoms with Gasteiger partial charge in [-0.05, 0) is 50.0 Å². The molecule has 6 nitrogen and oxygen atoms in total. The standard InChI is InChI=1S/C17H23N3O3S/c1-12(21)13-7-9-19(10-8-13)11-20-17(24)23-16(18-20)14-5-3-4-6-15(14)22-2/h3-6,12-13,21H,7-11H2,1-2H3/t12-/m0/s1. The Balaban J connectivity index is 1.72. The van der Waals surface area contributed by atoms with E-state index in [0.717, 1.165) is 31.5 Å². The molecule has 0 aliphatic carbocycles. The van der Waals surface area contributed by atoms with Gasteiger partial charge in [0.15, 0.2) is 0 Å². The molecule has 0 amide bonds. The molecule has 1 fully saturated rings. The second kappa shape index (κ2) is 7.46. The molecular formula is C17H23N3O3S. The van der Waals surface area contributed by atoms with Gasteiger partial charge in [0.1, 0.15) is 5.75 Å². The summed E-state index contributed by atoms with van der Waals surface area (Å²) in [7, 11) is 1.62. The smallest absolute Gasteiger partial charge is 0.288 e. The van der Waals surface area contributed by atoms with Crippen LogP contribution in [0.3, 0.4) is 0 Å². The van der Waals surface area contributed by atoms with Crippen molar-refractivity contribution in [3.63, 3.8) is 0 Å². The van der Waals surface area contributed by atoms with E-state index in [0.29, 0.717) is 29.1 Å². The lowest BCUT2D eigenvalue weighted by Gasteiger charge is -2.32. The van der Waals surface area contributed by atoms with E-state index in [2.05, 4.69) is 10.00 Å². The summed E-state index contributed by atoms with van der Waals surface area (Å²) in [6.45, 7) is 4.32. The minimum atomic E-state index is -0.237. The molecule has 2 aromatic rings. The first-order valence-corrected chi connectivity index (χ1v) is 8.61. The van der Waals surface area contributed by atoms with Crippen LogP contribution in [-0.4, -0.2) is 46.1 Å². The zero-order chi connectivity index (χ0) is 17.1. The van der Waals surface area contributed by atoms with E-state index in [-0.39, 0.29) is 6.10 Å². The van der Waals surface area contributed by atoms with Crippen LogP contribution in [0.1, 0.15) is 19.8 Å². The number of para-hydroxylation sites is 1. The monoisotopic (exact) mass is 349 g/mol. The minimum absolute atomic E-state index is 0.237. The number of likely N-dealkylation sites (tertiary alicyclic amines) is 1. The van der Waals surface area contributed by atoms with Gasteiger partial charge in [-0.3, -0.25) is 4.90 Å². The lowest BCUT2D eigenvalue weighted by molar-refractivity contribution is 0.0588. The highest BCUT2D eigenvalue weighted by Gasteiger charge is 2.23. The molecule has 7 heteroatoms. The number of aromatic nitrogens is 2. The molecule has 1 aromatic heterocycles. The molecule has 1 aliphatic heterocycles. The maximum atomic E-state index is 9.70. The zero-order valence-corrected chi connectivity index (χ0v) is 14.8. The van der Waals surface area contributed by atoms with Crippen LogP contribution in [0.25, 0.3) is 11.5 Å². The molecule has 0 saturated carbocycles. The molecule has 0 bridgehead atoms. The quantitative estimate of drug-likeness (QED) is 0.838. The van der Waals surface area contributed by atoms with Gasteiger partial charge >= 0.3 is 0 Å². The summed E-state index contributed by atoms with van der Waals surface area (Å²) in [5.74, 6) is 1.56. The average molecular weight is 349 g/mol. The van der Waals surface area contributed by atoms with E-state index < -0.39 is 0 Å². The summed E-state index contributed by atoms with van der Waals surface area (Å²) >= 11 is 5.31. The van der Waals surface area contributed by atoms with E-state index in [1.165, 1.54) is 0 Å². The Labute approximate surface area is 146 Å². The van der Waals surface area contributed by atoms with E-state index in [1.54, 1.807) is 11.8 Å². The zero-order valence-electron chi connectivity index (χ0n) is 14.0. The van der Waals surface area contributed by atoms with Gasteiger partial charge in [-0.25, -0.2) is 4.68 Å². The van der Waals surface area contributed by atoms with Crippen LogP contribution in [-0.2, 0) is 6.67 Å². The first kappa shape index (κ1) is 17.1. The Kier molecular flexibility index (Phi) is 5.33. The number of hydrogen-bond donors (Lipinski definition) is 1. The van der Waals surface area contributed by atoms with Gasteiger partial charge in [0.05, 0.1) is 25.4 Å². The number of benzene rings is 1. The number of ether oxygens (including phenoxy) is 1. The number of hydrogen-bond acceptors (Lipinski definition) is 6. The van der Waals surface area contributed by atoms with E-state index >= 15 is 0 Å². The van der Waals surface area contributed by atoms with Crippen LogP contribution in [0.4, 0.5) is 0 Å². The molecule has 1 aromatic carbocycles. The Hall–Kier alpha value is -1.70. The number of aliphatic hydroxyl groups excluding tert-OH is 1. The molecule has 1 aliphatic rings. The molecule has 1 saturated heterocycles. The highest BCUT2D eigenvalue weighted by atomic mass is 32.1. The minimum Gasteiger partial charge on any atom is -0.496 e. The van der Waals surface area contributed by atoms with Gasteiger partial charge in [-0.2, -0.15) is 0 Å². The Morgan fingerprint density at radius 2 is 2.08 bits per heavy atom. The molecule has 0 radical (unpaired) electrons. The topological polar surface area (TPSA) is 63.7 Å². The summed E-state index contributed by atoms with van der Waals surface area (Å²) in [4.78, 5) is 2.64. The van der Waals surface area contributed by atoms with Crippen molar-refractivity contribution in [2.75, 3.05) is 20.2 Å². The van der Waals surface area contributed by atoms with E-state index in [1.807, 2.05) is 31.2 Å². The van der Waals surface area contributed by atoms with E-state index in [9.17, 15) is 5.11 Å². The number of methoxy groups -OCH3 is 1. The Morgan fingerprint density at radius 3 is 2.75 bits per heavy atom. The first-order valence-electron chi connectivity index (χ1n) is 8.20. The molecule has 0 unspecified atom stereocenters. The molecule has 1 atom stereocenters. The van der Waals surface area contributed by atoms with Crippen molar-refractivity contribution in [1.29, 1.82) is 0 Å². The SMILES string of the molecule is COc1ccccc1-c1nn(CN2CCC([C@H](C)O)CC2)c(=S)o1. The fourth-order valence-electron chi connectivity index (χ4n) is 3.09. The molecule has 130 valence electrons. The number of rotatable bonds is 5. The second-order valence-electron chi connectivity index (χ2n) is 6.21. The predicted molar refractivity (Wildman–Crippen MR) is 93.3 cm³/mol. The van der Waals surface area contributed by atoms with Gasteiger partial charge in [0.25, 0.3) is 10.7 Å². The van der Waals surface area contributed by atoms with Crippen LogP contribution in [0.2, 0.25) is 0 Å². The van der Waals surface area contributed by atoms with E-state index in [4.69, 9.17) is 21.4 Å². The van der Waals surface area contributed by atoms with Crippen LogP contribution in [0.15, 0.2) is 28.7 Å². The third-order valence-electron chi connectivity index (χ3n) is 4.59. The highest BCUT2D eigenvalue weighted by Crippen LogP contribution is 2.28. The van der Waals surface area contributed by atoms with Gasteiger partial charge in [0, 0.05) is 13.1 Å². The average Bonchev–Trinajstić information content (AvgIpc) is 2.96. The van der Waals surface area contributed by atoms with Gasteiger partial charge < -0.3 is 14.3 Å². The van der Waals surface area contributed by atoms with Gasteiger partial charge in [0.2, 0.25) is 0 Å². The molecule has 0 spiro atoms. The van der Waals surface area contributed by atoms with Crippen LogP contribution >= 0.6 is 12.2 Å². The Bertz CT molecular complexity index is 733. The summed E-state index contributed by atoms with van der Waals surface area (Å²) in [5, 5.41) is 14.2. The number of piperidine rings is 1. The predicted octanol–water partition coefficient (Wildman–Crippen LogP) is 2.93. The molecule has 1 N–H and O–H groups in total. The fourth-order valence-corrected chi connectivity index (χ4v) is 3.27. The van der Waals surface area contributed by atoms with Crippen molar-refractivity contribution in [3.05, 3.63) is 29.1 Å². The fraction of sp³-hybridized carbons (Fsp3) is 0.529. The first-order chi connectivity index (χ1) is 11.6. The van der Waals surface area contributed by atoms with Crippen LogP contribution in [0, 0.1) is 10.8 Å². The van der Waals surface area contributed by atoms with Gasteiger partial charge in [-0.1, -0.05) is 12.1 Å². The van der Waals surface area contributed by atoms with Crippen molar-refractivity contribution in [1.82, 2.24) is 14.7 Å². The maximum Gasteiger partial charge on any atom is 0.288 e. The molecular weight excluding hydrogens is 326 g/mol. The summed E-state index contributed by atoms with van der Waals surface area (Å²) in [6.07, 6.45) is 1.74. The maximum absolute atomic E-state index is 9.70. The van der Waals surface area contributed by atoms with Crippen LogP contribution < -0.4 is 4.74 Å². The summed E-state index contributed by atoms with van der Waals surface area (Å²) in [5.41, 5.74) is 0.790. The normalized spacial score (nSPS) is 17.8. The largest absolute Gasteiger partial charge is 0.496 e. The third kappa shape index (κ3) is 3.68. The lowest BCUT2D eigenvalue weighted by Crippen LogP contribution is -2.38. The summed E-state index contributed by atoms with van der Waals surface area (Å²) in [6, 6.07) is 7.59. The molecule has 24 heavy (non-hydrogen) atoms. The van der Waals surface area contributed by atoms with Crippen molar-refractivity contribution >= 4 is 12.2 Å². The molecule has 3 rings (SSSR count). The second-order valence-corrected chi connectivity index (χ2v) is 6.56. The lowest BCUT2D eigenvalue weighted by atomic mass is 9.92. The molecule has 2 heterocycles. The third-order valence-corrected chi connectivity index (χ3v) is 4.89. The number of aliphatic hydroxyl groups is 1. The van der Waals surface area contributed by atoms with Crippen molar-refractivity contribution in [3.8, 4) is 17.2 Å². The number of nitrogens with zero attached hydrogens (tertiary/aromatic N) is 3. The van der Waals surface area contributed by atoms with Crippen LogP contribution in [0.5, 0.6) is 5.75 Å². The van der Waals surface area contributed by atoms with Gasteiger partial charge in [-0.15, -0.1) is 5.10 Å². The Morgan fingerprint density at radius 1 is 1.38 bits per heavy atom.